The zero-order valence-electron chi connectivity index (χ0n) is 8.69. The lowest BCUT2D eigenvalue weighted by Crippen LogP contribution is -2.31. The Morgan fingerprint density at radius 2 is 2.14 bits per heavy atom. The van der Waals surface area contributed by atoms with Crippen molar-refractivity contribution >= 4 is 10.0 Å². The third kappa shape index (κ3) is 7.25. The Labute approximate surface area is 85.5 Å². The molecule has 0 amide bonds. The Balaban J connectivity index is 3.73. The van der Waals surface area contributed by atoms with Crippen molar-refractivity contribution in [2.24, 2.45) is 5.92 Å². The van der Waals surface area contributed by atoms with E-state index in [2.05, 4.69) is 4.72 Å². The Hall–Kier alpha value is -0.170. The van der Waals surface area contributed by atoms with Crippen LogP contribution in [0, 0.1) is 5.92 Å². The number of hydrogen-bond acceptors (Lipinski definition) is 4. The Morgan fingerprint density at radius 1 is 1.50 bits per heavy atom. The number of ether oxygens (including phenoxy) is 1. The normalized spacial score (nSPS) is 14.2. The standard InChI is InChI=1S/C8H19NO4S/c1-8(7-10)6-9-14(11,12)5-3-4-13-2/h8-10H,3-7H2,1-2H3. The zero-order valence-corrected chi connectivity index (χ0v) is 9.51. The van der Waals surface area contributed by atoms with Crippen LogP contribution in [0.2, 0.25) is 0 Å². The van der Waals surface area contributed by atoms with Gasteiger partial charge in [-0.3, -0.25) is 0 Å². The molecule has 0 rings (SSSR count). The molecule has 6 heteroatoms. The summed E-state index contributed by atoms with van der Waals surface area (Å²) in [5.41, 5.74) is 0. The lowest BCUT2D eigenvalue weighted by Gasteiger charge is -2.09. The first-order chi connectivity index (χ1) is 6.52. The van der Waals surface area contributed by atoms with Crippen LogP contribution >= 0.6 is 0 Å². The summed E-state index contributed by atoms with van der Waals surface area (Å²) in [6.45, 7) is 2.49. The summed E-state index contributed by atoms with van der Waals surface area (Å²) < 4.78 is 29.7. The van der Waals surface area contributed by atoms with Gasteiger partial charge in [-0.05, 0) is 12.3 Å². The Kier molecular flexibility index (Phi) is 7.08. The average Bonchev–Trinajstić information content (AvgIpc) is 2.14. The first kappa shape index (κ1) is 13.8. The monoisotopic (exact) mass is 225 g/mol. The lowest BCUT2D eigenvalue weighted by molar-refractivity contribution is 0.199. The minimum atomic E-state index is -3.20. The first-order valence-electron chi connectivity index (χ1n) is 4.59. The van der Waals surface area contributed by atoms with E-state index in [-0.39, 0.29) is 24.8 Å². The van der Waals surface area contributed by atoms with Crippen LogP contribution in [0.15, 0.2) is 0 Å². The molecule has 0 spiro atoms. The van der Waals surface area contributed by atoms with Gasteiger partial charge in [0.05, 0.1) is 5.75 Å². The van der Waals surface area contributed by atoms with E-state index >= 15 is 0 Å². The van der Waals surface area contributed by atoms with Crippen molar-refractivity contribution < 1.29 is 18.3 Å². The molecule has 0 aliphatic carbocycles. The molecule has 14 heavy (non-hydrogen) atoms. The number of aliphatic hydroxyl groups excluding tert-OH is 1. The summed E-state index contributed by atoms with van der Waals surface area (Å²) in [5, 5.41) is 8.69. The molecule has 0 aromatic carbocycles. The molecule has 1 unspecified atom stereocenters. The van der Waals surface area contributed by atoms with E-state index < -0.39 is 10.0 Å². The molecular formula is C8H19NO4S. The van der Waals surface area contributed by atoms with Crippen LogP contribution in [0.3, 0.4) is 0 Å². The summed E-state index contributed by atoms with van der Waals surface area (Å²) in [6.07, 6.45) is 0.485. The smallest absolute Gasteiger partial charge is 0.211 e. The van der Waals surface area contributed by atoms with Crippen LogP contribution in [0.25, 0.3) is 0 Å². The molecule has 86 valence electrons. The van der Waals surface area contributed by atoms with Crippen LogP contribution in [-0.4, -0.2) is 46.1 Å². The fourth-order valence-corrected chi connectivity index (χ4v) is 1.98. The molecule has 0 aromatic rings. The van der Waals surface area contributed by atoms with E-state index in [1.54, 1.807) is 6.92 Å². The van der Waals surface area contributed by atoms with Crippen LogP contribution < -0.4 is 4.72 Å². The van der Waals surface area contributed by atoms with Gasteiger partial charge in [-0.1, -0.05) is 6.92 Å². The second-order valence-corrected chi connectivity index (χ2v) is 5.23. The summed E-state index contributed by atoms with van der Waals surface area (Å²) in [4.78, 5) is 0. The Bertz CT molecular complexity index is 227. The van der Waals surface area contributed by atoms with E-state index in [1.807, 2.05) is 0 Å². The van der Waals surface area contributed by atoms with Gasteiger partial charge in [0.1, 0.15) is 0 Å². The predicted molar refractivity (Wildman–Crippen MR) is 54.5 cm³/mol. The highest BCUT2D eigenvalue weighted by atomic mass is 32.2. The SMILES string of the molecule is COCCCS(=O)(=O)NCC(C)CO. The van der Waals surface area contributed by atoms with Gasteiger partial charge < -0.3 is 9.84 Å². The topological polar surface area (TPSA) is 75.6 Å². The molecule has 0 aliphatic heterocycles. The molecule has 0 bridgehead atoms. The third-order valence-electron chi connectivity index (χ3n) is 1.72. The van der Waals surface area contributed by atoms with Gasteiger partial charge in [0, 0.05) is 26.9 Å². The maximum atomic E-state index is 11.3. The highest BCUT2D eigenvalue weighted by molar-refractivity contribution is 7.89. The maximum absolute atomic E-state index is 11.3. The van der Waals surface area contributed by atoms with Crippen molar-refractivity contribution in [2.75, 3.05) is 32.6 Å². The molecule has 0 aromatic heterocycles. The molecular weight excluding hydrogens is 206 g/mol. The highest BCUT2D eigenvalue weighted by Crippen LogP contribution is 1.94. The fourth-order valence-electron chi connectivity index (χ4n) is 0.799. The quantitative estimate of drug-likeness (QED) is 0.550. The zero-order chi connectivity index (χ0) is 11.0. The first-order valence-corrected chi connectivity index (χ1v) is 6.24. The van der Waals surface area contributed by atoms with Gasteiger partial charge >= 0.3 is 0 Å². The van der Waals surface area contributed by atoms with E-state index in [9.17, 15) is 8.42 Å². The minimum absolute atomic E-state index is 0.0133. The molecule has 0 fully saturated rings. The van der Waals surface area contributed by atoms with Crippen molar-refractivity contribution in [3.05, 3.63) is 0 Å². The molecule has 0 saturated carbocycles. The van der Waals surface area contributed by atoms with Crippen molar-refractivity contribution in [1.29, 1.82) is 0 Å². The summed E-state index contributed by atoms with van der Waals surface area (Å²) in [7, 11) is -1.66. The van der Waals surface area contributed by atoms with E-state index in [1.165, 1.54) is 7.11 Å². The van der Waals surface area contributed by atoms with E-state index in [0.29, 0.717) is 13.0 Å². The average molecular weight is 225 g/mol. The van der Waals surface area contributed by atoms with Gasteiger partial charge in [-0.2, -0.15) is 0 Å². The van der Waals surface area contributed by atoms with Gasteiger partial charge in [-0.25, -0.2) is 13.1 Å². The van der Waals surface area contributed by atoms with Crippen LogP contribution in [0.5, 0.6) is 0 Å². The summed E-state index contributed by atoms with van der Waals surface area (Å²) >= 11 is 0. The highest BCUT2D eigenvalue weighted by Gasteiger charge is 2.10. The number of methoxy groups -OCH3 is 1. The number of hydrogen-bond donors (Lipinski definition) is 2. The van der Waals surface area contributed by atoms with E-state index in [0.717, 1.165) is 0 Å². The van der Waals surface area contributed by atoms with E-state index in [4.69, 9.17) is 9.84 Å². The molecule has 0 radical (unpaired) electrons. The number of rotatable bonds is 8. The van der Waals surface area contributed by atoms with Gasteiger partial charge in [0.15, 0.2) is 0 Å². The molecule has 0 heterocycles. The van der Waals surface area contributed by atoms with Crippen LogP contribution in [0.1, 0.15) is 13.3 Å². The second-order valence-electron chi connectivity index (χ2n) is 3.30. The summed E-state index contributed by atoms with van der Waals surface area (Å²) in [5.74, 6) is 0.0196. The second kappa shape index (κ2) is 7.17. The van der Waals surface area contributed by atoms with Crippen molar-refractivity contribution in [3.63, 3.8) is 0 Å². The predicted octanol–water partition coefficient (Wildman–Crippen LogP) is -0.429. The fraction of sp³-hybridized carbons (Fsp3) is 1.00. The van der Waals surface area contributed by atoms with Crippen LogP contribution in [0.4, 0.5) is 0 Å². The van der Waals surface area contributed by atoms with Gasteiger partial charge in [-0.15, -0.1) is 0 Å². The van der Waals surface area contributed by atoms with Gasteiger partial charge in [0.25, 0.3) is 0 Å². The maximum Gasteiger partial charge on any atom is 0.211 e. The molecule has 0 aliphatic rings. The van der Waals surface area contributed by atoms with Crippen LogP contribution in [-0.2, 0) is 14.8 Å². The third-order valence-corrected chi connectivity index (χ3v) is 3.16. The molecule has 5 nitrogen and oxygen atoms in total. The number of sulfonamides is 1. The number of nitrogens with one attached hydrogen (secondary N) is 1. The summed E-state index contributed by atoms with van der Waals surface area (Å²) in [6, 6.07) is 0. The number of aliphatic hydroxyl groups is 1. The lowest BCUT2D eigenvalue weighted by atomic mass is 10.2. The largest absolute Gasteiger partial charge is 0.396 e. The van der Waals surface area contributed by atoms with Crippen molar-refractivity contribution in [3.8, 4) is 0 Å². The van der Waals surface area contributed by atoms with Gasteiger partial charge in [0.2, 0.25) is 10.0 Å². The molecule has 1 atom stereocenters. The minimum Gasteiger partial charge on any atom is -0.396 e. The molecule has 0 saturated heterocycles. The Morgan fingerprint density at radius 3 is 2.64 bits per heavy atom. The van der Waals surface area contributed by atoms with Crippen molar-refractivity contribution in [2.45, 2.75) is 13.3 Å². The molecule has 2 N–H and O–H groups in total. The van der Waals surface area contributed by atoms with Crippen molar-refractivity contribution in [1.82, 2.24) is 4.72 Å².